The fourth-order valence-electron chi connectivity index (χ4n) is 2.80. The van der Waals surface area contributed by atoms with Crippen molar-refractivity contribution in [3.8, 4) is 0 Å². The summed E-state index contributed by atoms with van der Waals surface area (Å²) < 4.78 is 0. The summed E-state index contributed by atoms with van der Waals surface area (Å²) in [5.74, 6) is 1.29. The molecule has 0 aromatic heterocycles. The summed E-state index contributed by atoms with van der Waals surface area (Å²) >= 11 is 0. The van der Waals surface area contributed by atoms with Crippen LogP contribution in [0.5, 0.6) is 0 Å². The van der Waals surface area contributed by atoms with E-state index in [0.717, 1.165) is 56.8 Å². The second-order valence-electron chi connectivity index (χ2n) is 5.44. The highest BCUT2D eigenvalue weighted by atomic mass is 16.2. The first kappa shape index (κ1) is 13.2. The topological polar surface area (TPSA) is 44.7 Å². The molecular weight excluding hydrogens is 250 g/mol. The molecule has 1 saturated heterocycles. The van der Waals surface area contributed by atoms with Crippen molar-refractivity contribution in [3.63, 3.8) is 0 Å². The zero-order valence-corrected chi connectivity index (χ0v) is 11.8. The Kier molecular flexibility index (Phi) is 4.00. The summed E-state index contributed by atoms with van der Waals surface area (Å²) in [6.07, 6.45) is 3.78. The van der Waals surface area contributed by atoms with E-state index >= 15 is 0 Å². The number of benzene rings is 1. The van der Waals surface area contributed by atoms with Gasteiger partial charge in [-0.3, -0.25) is 9.79 Å². The fourth-order valence-corrected chi connectivity index (χ4v) is 2.80. The third kappa shape index (κ3) is 3.00. The first-order valence-electron chi connectivity index (χ1n) is 7.48. The summed E-state index contributed by atoms with van der Waals surface area (Å²) in [4.78, 5) is 18.4. The standard InChI is InChI=1S/C16H21N3O/c20-15(19-11-1-2-12-19)8-5-13-3-6-14(7-4-13)16-17-9-10-18-16/h3-4,6-7H,1-2,5,8-12H2,(H,17,18). The lowest BCUT2D eigenvalue weighted by Gasteiger charge is -2.14. The number of carbonyl (C=O) groups is 1. The monoisotopic (exact) mass is 271 g/mol. The number of nitrogens with one attached hydrogen (secondary N) is 1. The van der Waals surface area contributed by atoms with Gasteiger partial charge in [-0.1, -0.05) is 24.3 Å². The van der Waals surface area contributed by atoms with Gasteiger partial charge in [-0.25, -0.2) is 0 Å². The highest BCUT2D eigenvalue weighted by molar-refractivity contribution is 5.99. The number of hydrogen-bond acceptors (Lipinski definition) is 3. The van der Waals surface area contributed by atoms with Gasteiger partial charge in [-0.2, -0.15) is 0 Å². The van der Waals surface area contributed by atoms with E-state index in [1.807, 2.05) is 4.90 Å². The first-order chi connectivity index (χ1) is 9.83. The average Bonchev–Trinajstić information content (AvgIpc) is 3.18. The van der Waals surface area contributed by atoms with Gasteiger partial charge in [-0.05, 0) is 24.8 Å². The van der Waals surface area contributed by atoms with E-state index in [9.17, 15) is 4.79 Å². The second-order valence-corrected chi connectivity index (χ2v) is 5.44. The number of amidine groups is 1. The third-order valence-electron chi connectivity index (χ3n) is 3.99. The number of hydrogen-bond donors (Lipinski definition) is 1. The Bertz CT molecular complexity index is 501. The summed E-state index contributed by atoms with van der Waals surface area (Å²) in [7, 11) is 0. The van der Waals surface area contributed by atoms with E-state index < -0.39 is 0 Å². The molecule has 0 unspecified atom stereocenters. The lowest BCUT2D eigenvalue weighted by molar-refractivity contribution is -0.130. The molecule has 0 spiro atoms. The van der Waals surface area contributed by atoms with Gasteiger partial charge in [0.2, 0.25) is 5.91 Å². The van der Waals surface area contributed by atoms with Crippen LogP contribution in [-0.4, -0.2) is 42.8 Å². The van der Waals surface area contributed by atoms with Crippen molar-refractivity contribution in [2.45, 2.75) is 25.7 Å². The first-order valence-corrected chi connectivity index (χ1v) is 7.48. The Balaban J connectivity index is 1.54. The molecule has 0 atom stereocenters. The van der Waals surface area contributed by atoms with Crippen molar-refractivity contribution in [2.24, 2.45) is 4.99 Å². The van der Waals surface area contributed by atoms with Crippen LogP contribution < -0.4 is 5.32 Å². The van der Waals surface area contributed by atoms with Crippen LogP contribution in [0.2, 0.25) is 0 Å². The molecule has 1 amide bonds. The van der Waals surface area contributed by atoms with Crippen molar-refractivity contribution >= 4 is 11.7 Å². The van der Waals surface area contributed by atoms with E-state index in [4.69, 9.17) is 0 Å². The zero-order valence-electron chi connectivity index (χ0n) is 11.8. The summed E-state index contributed by atoms with van der Waals surface area (Å²) in [5.41, 5.74) is 2.36. The SMILES string of the molecule is O=C(CCc1ccc(C2=NCCN2)cc1)N1CCCC1. The van der Waals surface area contributed by atoms with Gasteiger partial charge in [0.15, 0.2) is 0 Å². The molecule has 4 nitrogen and oxygen atoms in total. The molecule has 20 heavy (non-hydrogen) atoms. The summed E-state index contributed by atoms with van der Waals surface area (Å²) in [6.45, 7) is 3.69. The molecular formula is C16H21N3O. The lowest BCUT2D eigenvalue weighted by atomic mass is 10.1. The minimum Gasteiger partial charge on any atom is -0.368 e. The fraction of sp³-hybridized carbons (Fsp3) is 0.500. The minimum atomic E-state index is 0.299. The molecule has 1 aromatic carbocycles. The number of aliphatic imine (C=N–C) groups is 1. The molecule has 0 aliphatic carbocycles. The molecule has 0 radical (unpaired) electrons. The van der Waals surface area contributed by atoms with E-state index in [1.54, 1.807) is 0 Å². The number of amides is 1. The number of aryl methyl sites for hydroxylation is 1. The van der Waals surface area contributed by atoms with Crippen molar-refractivity contribution in [3.05, 3.63) is 35.4 Å². The number of likely N-dealkylation sites (tertiary alicyclic amines) is 1. The Morgan fingerprint density at radius 1 is 1.20 bits per heavy atom. The van der Waals surface area contributed by atoms with Crippen LogP contribution in [0, 0.1) is 0 Å². The smallest absolute Gasteiger partial charge is 0.222 e. The van der Waals surface area contributed by atoms with E-state index in [2.05, 4.69) is 34.6 Å². The largest absolute Gasteiger partial charge is 0.368 e. The second kappa shape index (κ2) is 6.07. The number of nitrogens with zero attached hydrogens (tertiary/aromatic N) is 2. The predicted molar refractivity (Wildman–Crippen MR) is 80.0 cm³/mol. The van der Waals surface area contributed by atoms with Gasteiger partial charge in [-0.15, -0.1) is 0 Å². The van der Waals surface area contributed by atoms with Crippen molar-refractivity contribution < 1.29 is 4.79 Å². The Labute approximate surface area is 119 Å². The van der Waals surface area contributed by atoms with Crippen LogP contribution in [-0.2, 0) is 11.2 Å². The van der Waals surface area contributed by atoms with E-state index in [0.29, 0.717) is 12.3 Å². The molecule has 2 aliphatic heterocycles. The third-order valence-corrected chi connectivity index (χ3v) is 3.99. The van der Waals surface area contributed by atoms with E-state index in [-0.39, 0.29) is 0 Å². The molecule has 1 aromatic rings. The van der Waals surface area contributed by atoms with Gasteiger partial charge < -0.3 is 10.2 Å². The maximum atomic E-state index is 12.0. The highest BCUT2D eigenvalue weighted by Crippen LogP contribution is 2.12. The number of rotatable bonds is 4. The van der Waals surface area contributed by atoms with Crippen molar-refractivity contribution in [1.29, 1.82) is 0 Å². The van der Waals surface area contributed by atoms with E-state index in [1.165, 1.54) is 5.56 Å². The summed E-state index contributed by atoms with van der Waals surface area (Å²) in [5, 5.41) is 3.27. The molecule has 4 heteroatoms. The average molecular weight is 271 g/mol. The molecule has 1 fully saturated rings. The van der Waals surface area contributed by atoms with Gasteiger partial charge >= 0.3 is 0 Å². The maximum absolute atomic E-state index is 12.0. The molecule has 1 N–H and O–H groups in total. The Morgan fingerprint density at radius 3 is 2.60 bits per heavy atom. The molecule has 2 aliphatic rings. The van der Waals surface area contributed by atoms with Crippen LogP contribution in [0.15, 0.2) is 29.3 Å². The van der Waals surface area contributed by atoms with Crippen molar-refractivity contribution in [1.82, 2.24) is 10.2 Å². The quantitative estimate of drug-likeness (QED) is 0.904. The molecule has 106 valence electrons. The normalized spacial score (nSPS) is 18.0. The van der Waals surface area contributed by atoms with Crippen LogP contribution >= 0.6 is 0 Å². The van der Waals surface area contributed by atoms with Crippen LogP contribution in [0.1, 0.15) is 30.4 Å². The predicted octanol–water partition coefficient (Wildman–Crippen LogP) is 1.59. The minimum absolute atomic E-state index is 0.299. The summed E-state index contributed by atoms with van der Waals surface area (Å²) in [6, 6.07) is 8.39. The lowest BCUT2D eigenvalue weighted by Crippen LogP contribution is -2.27. The van der Waals surface area contributed by atoms with Gasteiger partial charge in [0.05, 0.1) is 6.54 Å². The number of carbonyl (C=O) groups excluding carboxylic acids is 1. The molecule has 3 rings (SSSR count). The Morgan fingerprint density at radius 2 is 1.95 bits per heavy atom. The molecule has 0 bridgehead atoms. The van der Waals surface area contributed by atoms with Crippen LogP contribution in [0.3, 0.4) is 0 Å². The van der Waals surface area contributed by atoms with Crippen molar-refractivity contribution in [2.75, 3.05) is 26.2 Å². The maximum Gasteiger partial charge on any atom is 0.222 e. The zero-order chi connectivity index (χ0) is 13.8. The van der Waals surface area contributed by atoms with Gasteiger partial charge in [0.25, 0.3) is 0 Å². The molecule has 0 saturated carbocycles. The highest BCUT2D eigenvalue weighted by Gasteiger charge is 2.17. The van der Waals surface area contributed by atoms with Gasteiger partial charge in [0.1, 0.15) is 5.84 Å². The Hall–Kier alpha value is -1.84. The van der Waals surface area contributed by atoms with Crippen LogP contribution in [0.25, 0.3) is 0 Å². The van der Waals surface area contributed by atoms with Gasteiger partial charge in [0, 0.05) is 31.6 Å². The van der Waals surface area contributed by atoms with Crippen LogP contribution in [0.4, 0.5) is 0 Å². The molecule has 2 heterocycles.